The number of amides is 1. The lowest BCUT2D eigenvalue weighted by molar-refractivity contribution is 0.0954. The lowest BCUT2D eigenvalue weighted by Gasteiger charge is -2.09. The van der Waals surface area contributed by atoms with Gasteiger partial charge in [0.25, 0.3) is 5.91 Å². The number of hydrogen-bond acceptors (Lipinski definition) is 4. The van der Waals surface area contributed by atoms with Crippen LogP contribution < -0.4 is 15.4 Å². The lowest BCUT2D eigenvalue weighted by atomic mass is 10.1. The normalized spacial score (nSPS) is 10.4. The molecule has 0 saturated heterocycles. The van der Waals surface area contributed by atoms with Gasteiger partial charge in [-0.2, -0.15) is 0 Å². The molecule has 1 heterocycles. The van der Waals surface area contributed by atoms with Crippen LogP contribution >= 0.6 is 11.6 Å². The van der Waals surface area contributed by atoms with E-state index in [4.69, 9.17) is 16.3 Å². The molecule has 0 unspecified atom stereocenters. The van der Waals surface area contributed by atoms with Crippen molar-refractivity contribution < 1.29 is 9.53 Å². The fourth-order valence-electron chi connectivity index (χ4n) is 2.71. The molecule has 0 radical (unpaired) electrons. The molecule has 28 heavy (non-hydrogen) atoms. The number of pyridine rings is 1. The summed E-state index contributed by atoms with van der Waals surface area (Å²) in [6, 6.07) is 18.9. The number of halogens is 1. The number of hydrogen-bond donors (Lipinski definition) is 2. The molecule has 0 atom stereocenters. The maximum absolute atomic E-state index is 12.4. The zero-order chi connectivity index (χ0) is 19.8. The van der Waals surface area contributed by atoms with Crippen molar-refractivity contribution in [1.82, 2.24) is 10.3 Å². The topological polar surface area (TPSA) is 63.2 Å². The highest BCUT2D eigenvalue weighted by Crippen LogP contribution is 2.14. The van der Waals surface area contributed by atoms with Crippen molar-refractivity contribution in [2.75, 3.05) is 19.0 Å². The van der Waals surface area contributed by atoms with Crippen LogP contribution in [0.5, 0.6) is 5.75 Å². The number of rotatable bonds is 8. The average molecular weight is 396 g/mol. The second-order valence-electron chi connectivity index (χ2n) is 6.27. The van der Waals surface area contributed by atoms with E-state index in [9.17, 15) is 4.79 Å². The van der Waals surface area contributed by atoms with Crippen molar-refractivity contribution in [2.45, 2.75) is 13.0 Å². The Balaban J connectivity index is 1.52. The van der Waals surface area contributed by atoms with E-state index in [0.717, 1.165) is 23.3 Å². The number of anilines is 1. The van der Waals surface area contributed by atoms with Gasteiger partial charge in [-0.3, -0.25) is 4.79 Å². The summed E-state index contributed by atoms with van der Waals surface area (Å²) in [7, 11) is 1.64. The van der Waals surface area contributed by atoms with E-state index in [-0.39, 0.29) is 5.91 Å². The molecule has 0 aliphatic rings. The SMILES string of the molecule is COc1cccc(CCNC(=O)c2ccnc(NCc3ccc(Cl)cc3)c2)c1. The molecule has 0 aliphatic heterocycles. The molecule has 0 saturated carbocycles. The van der Waals surface area contributed by atoms with Crippen LogP contribution in [0.4, 0.5) is 5.82 Å². The highest BCUT2D eigenvalue weighted by molar-refractivity contribution is 6.30. The fraction of sp³-hybridized carbons (Fsp3) is 0.182. The van der Waals surface area contributed by atoms with Gasteiger partial charge in [0.05, 0.1) is 7.11 Å². The summed E-state index contributed by atoms with van der Waals surface area (Å²) < 4.78 is 5.22. The van der Waals surface area contributed by atoms with Crippen molar-refractivity contribution in [3.8, 4) is 5.75 Å². The summed E-state index contributed by atoms with van der Waals surface area (Å²) in [6.07, 6.45) is 2.36. The molecule has 0 fully saturated rings. The molecular weight excluding hydrogens is 374 g/mol. The molecule has 2 aromatic carbocycles. The summed E-state index contributed by atoms with van der Waals surface area (Å²) in [5.41, 5.74) is 2.76. The van der Waals surface area contributed by atoms with Crippen molar-refractivity contribution in [3.63, 3.8) is 0 Å². The predicted octanol–water partition coefficient (Wildman–Crippen LogP) is 4.33. The van der Waals surface area contributed by atoms with Crippen molar-refractivity contribution >= 4 is 23.3 Å². The van der Waals surface area contributed by atoms with Crippen molar-refractivity contribution in [1.29, 1.82) is 0 Å². The monoisotopic (exact) mass is 395 g/mol. The van der Waals surface area contributed by atoms with E-state index in [0.29, 0.717) is 29.5 Å². The first-order valence-electron chi connectivity index (χ1n) is 8.99. The van der Waals surface area contributed by atoms with Crippen LogP contribution in [0.2, 0.25) is 5.02 Å². The van der Waals surface area contributed by atoms with Crippen LogP contribution in [-0.4, -0.2) is 24.5 Å². The summed E-state index contributed by atoms with van der Waals surface area (Å²) in [5, 5.41) is 6.87. The molecule has 5 nitrogen and oxygen atoms in total. The Bertz CT molecular complexity index is 929. The van der Waals surface area contributed by atoms with Gasteiger partial charge in [-0.15, -0.1) is 0 Å². The average Bonchev–Trinajstić information content (AvgIpc) is 2.73. The smallest absolute Gasteiger partial charge is 0.251 e. The highest BCUT2D eigenvalue weighted by atomic mass is 35.5. The number of carbonyl (C=O) groups excluding carboxylic acids is 1. The third kappa shape index (κ3) is 5.72. The maximum atomic E-state index is 12.4. The number of nitrogens with one attached hydrogen (secondary N) is 2. The minimum Gasteiger partial charge on any atom is -0.497 e. The Hall–Kier alpha value is -3.05. The van der Waals surface area contributed by atoms with Gasteiger partial charge in [-0.05, 0) is 53.9 Å². The number of methoxy groups -OCH3 is 1. The lowest BCUT2D eigenvalue weighted by Crippen LogP contribution is -2.25. The molecule has 1 amide bonds. The van der Waals surface area contributed by atoms with Crippen LogP contribution in [0.25, 0.3) is 0 Å². The minimum absolute atomic E-state index is 0.125. The molecule has 1 aromatic heterocycles. The second kappa shape index (κ2) is 9.76. The zero-order valence-electron chi connectivity index (χ0n) is 15.6. The van der Waals surface area contributed by atoms with Gasteiger partial charge in [0, 0.05) is 29.9 Å². The molecule has 3 aromatic rings. The van der Waals surface area contributed by atoms with E-state index in [2.05, 4.69) is 15.6 Å². The van der Waals surface area contributed by atoms with Crippen LogP contribution in [0.15, 0.2) is 66.9 Å². The van der Waals surface area contributed by atoms with Crippen LogP contribution in [0.3, 0.4) is 0 Å². The number of benzene rings is 2. The number of carbonyl (C=O) groups is 1. The minimum atomic E-state index is -0.125. The zero-order valence-corrected chi connectivity index (χ0v) is 16.4. The van der Waals surface area contributed by atoms with Gasteiger partial charge in [-0.1, -0.05) is 35.9 Å². The molecular formula is C22H22ClN3O2. The second-order valence-corrected chi connectivity index (χ2v) is 6.70. The maximum Gasteiger partial charge on any atom is 0.251 e. The third-order valence-electron chi connectivity index (χ3n) is 4.24. The number of aromatic nitrogens is 1. The van der Waals surface area contributed by atoms with Crippen molar-refractivity contribution in [2.24, 2.45) is 0 Å². The first-order chi connectivity index (χ1) is 13.6. The molecule has 0 aliphatic carbocycles. The number of nitrogens with zero attached hydrogens (tertiary/aromatic N) is 1. The number of ether oxygens (including phenoxy) is 1. The molecule has 2 N–H and O–H groups in total. The first kappa shape index (κ1) is 19.7. The van der Waals surface area contributed by atoms with E-state index in [1.807, 2.05) is 48.5 Å². The Morgan fingerprint density at radius 3 is 2.68 bits per heavy atom. The summed E-state index contributed by atoms with van der Waals surface area (Å²) in [6.45, 7) is 1.15. The Labute approximate surface area is 169 Å². The van der Waals surface area contributed by atoms with Crippen LogP contribution in [-0.2, 0) is 13.0 Å². The first-order valence-corrected chi connectivity index (χ1v) is 9.37. The summed E-state index contributed by atoms with van der Waals surface area (Å²) in [5.74, 6) is 1.34. The summed E-state index contributed by atoms with van der Waals surface area (Å²) in [4.78, 5) is 16.7. The molecule has 6 heteroatoms. The highest BCUT2D eigenvalue weighted by Gasteiger charge is 2.07. The largest absolute Gasteiger partial charge is 0.497 e. The summed E-state index contributed by atoms with van der Waals surface area (Å²) >= 11 is 5.90. The standard InChI is InChI=1S/C22H22ClN3O2/c1-28-20-4-2-3-16(13-20)9-11-25-22(27)18-10-12-24-21(14-18)26-15-17-5-7-19(23)8-6-17/h2-8,10,12-14H,9,11,15H2,1H3,(H,24,26)(H,25,27). The van der Waals surface area contributed by atoms with Gasteiger partial charge in [0.2, 0.25) is 0 Å². The van der Waals surface area contributed by atoms with E-state index < -0.39 is 0 Å². The Morgan fingerprint density at radius 2 is 1.89 bits per heavy atom. The van der Waals surface area contributed by atoms with Crippen LogP contribution in [0, 0.1) is 0 Å². The predicted molar refractivity (Wildman–Crippen MR) is 112 cm³/mol. The molecule has 0 bridgehead atoms. The quantitative estimate of drug-likeness (QED) is 0.596. The third-order valence-corrected chi connectivity index (χ3v) is 4.49. The van der Waals surface area contributed by atoms with Gasteiger partial charge in [0.15, 0.2) is 0 Å². The van der Waals surface area contributed by atoms with E-state index in [1.165, 1.54) is 0 Å². The molecule has 144 valence electrons. The van der Waals surface area contributed by atoms with E-state index >= 15 is 0 Å². The Kier molecular flexibility index (Phi) is 6.87. The van der Waals surface area contributed by atoms with Crippen LogP contribution in [0.1, 0.15) is 21.5 Å². The Morgan fingerprint density at radius 1 is 1.07 bits per heavy atom. The van der Waals surface area contributed by atoms with Gasteiger partial charge >= 0.3 is 0 Å². The van der Waals surface area contributed by atoms with E-state index in [1.54, 1.807) is 25.4 Å². The molecule has 0 spiro atoms. The van der Waals surface area contributed by atoms with Gasteiger partial charge < -0.3 is 15.4 Å². The van der Waals surface area contributed by atoms with Gasteiger partial charge in [-0.25, -0.2) is 4.98 Å². The van der Waals surface area contributed by atoms with Gasteiger partial charge in [0.1, 0.15) is 11.6 Å². The molecule has 3 rings (SSSR count). The fourth-order valence-corrected chi connectivity index (χ4v) is 2.84. The van der Waals surface area contributed by atoms with Crippen molar-refractivity contribution in [3.05, 3.63) is 88.6 Å².